The third kappa shape index (κ3) is 2.83. The maximum atomic E-state index is 12.7. The van der Waals surface area contributed by atoms with Crippen molar-refractivity contribution in [2.75, 3.05) is 6.26 Å². The molecule has 128 valence electrons. The van der Waals surface area contributed by atoms with E-state index >= 15 is 0 Å². The van der Waals surface area contributed by atoms with Gasteiger partial charge in [-0.25, -0.2) is 0 Å². The quantitative estimate of drug-likeness (QED) is 0.485. The van der Waals surface area contributed by atoms with Crippen molar-refractivity contribution in [1.82, 2.24) is 29.4 Å². The van der Waals surface area contributed by atoms with Crippen molar-refractivity contribution in [3.05, 3.63) is 40.4 Å². The summed E-state index contributed by atoms with van der Waals surface area (Å²) >= 11 is 4.73. The Morgan fingerprint density at radius 2 is 1.92 bits per heavy atom. The van der Waals surface area contributed by atoms with Gasteiger partial charge in [0, 0.05) is 6.54 Å². The van der Waals surface area contributed by atoms with E-state index < -0.39 is 0 Å². The Morgan fingerprint density at radius 1 is 1.12 bits per heavy atom. The van der Waals surface area contributed by atoms with Crippen molar-refractivity contribution in [2.24, 2.45) is 0 Å². The molecule has 7 nitrogen and oxygen atoms in total. The molecule has 1 aromatic carbocycles. The molecule has 0 fully saturated rings. The molecule has 0 aliphatic rings. The Hall–Kier alpha value is -1.91. The van der Waals surface area contributed by atoms with Crippen molar-refractivity contribution < 1.29 is 0 Å². The minimum absolute atomic E-state index is 0.0362. The molecule has 0 aliphatic heterocycles. The third-order valence-electron chi connectivity index (χ3n) is 3.78. The predicted octanol–water partition coefficient (Wildman–Crippen LogP) is 2.93. The first-order valence-electron chi connectivity index (χ1n) is 7.58. The van der Waals surface area contributed by atoms with Crippen LogP contribution in [-0.2, 0) is 12.3 Å². The van der Waals surface area contributed by atoms with Gasteiger partial charge in [-0.05, 0) is 25.3 Å². The van der Waals surface area contributed by atoms with Gasteiger partial charge in [0.25, 0.3) is 5.56 Å². The fourth-order valence-corrected chi connectivity index (χ4v) is 5.01. The molecule has 4 rings (SSSR count). The van der Waals surface area contributed by atoms with E-state index in [2.05, 4.69) is 20.4 Å². The lowest BCUT2D eigenvalue weighted by Crippen LogP contribution is -2.22. The van der Waals surface area contributed by atoms with E-state index in [9.17, 15) is 4.79 Å². The van der Waals surface area contributed by atoms with Crippen LogP contribution in [0.2, 0.25) is 0 Å². The lowest BCUT2D eigenvalue weighted by Gasteiger charge is -2.09. The molecular weight excluding hydrogens is 376 g/mol. The highest BCUT2D eigenvalue weighted by Crippen LogP contribution is 2.29. The Balaban J connectivity index is 1.82. The lowest BCUT2D eigenvalue weighted by atomic mass is 10.2. The van der Waals surface area contributed by atoms with Crippen molar-refractivity contribution >= 4 is 51.5 Å². The number of para-hydroxylation sites is 1. The second kappa shape index (κ2) is 6.77. The molecule has 0 atom stereocenters. The van der Waals surface area contributed by atoms with Crippen LogP contribution in [0.25, 0.3) is 16.7 Å². The number of rotatable bonds is 5. The molecule has 3 aromatic heterocycles. The van der Waals surface area contributed by atoms with Crippen LogP contribution < -0.4 is 5.56 Å². The molecule has 25 heavy (non-hydrogen) atoms. The molecular formula is C15H14N6OS3. The number of thioether (sulfide) groups is 2. The third-order valence-corrected chi connectivity index (χ3v) is 6.81. The Morgan fingerprint density at radius 3 is 2.68 bits per heavy atom. The first-order valence-corrected chi connectivity index (χ1v) is 10.6. The number of aryl methyl sites for hydroxylation is 1. The topological polar surface area (TPSA) is 78.0 Å². The summed E-state index contributed by atoms with van der Waals surface area (Å²) in [4.78, 5) is 12.7. The van der Waals surface area contributed by atoms with Gasteiger partial charge < -0.3 is 0 Å². The SMILES string of the molecule is CCn1c(=O)c2ccccc2n2c(CSc3nnc(SC)s3)nnc12. The van der Waals surface area contributed by atoms with Gasteiger partial charge in [0.15, 0.2) is 8.68 Å². The highest BCUT2D eigenvalue weighted by atomic mass is 32.2. The van der Waals surface area contributed by atoms with Gasteiger partial charge in [-0.3, -0.25) is 13.8 Å². The summed E-state index contributed by atoms with van der Waals surface area (Å²) in [5.41, 5.74) is 0.792. The first kappa shape index (κ1) is 16.6. The van der Waals surface area contributed by atoms with Crippen LogP contribution in [-0.4, -0.2) is 35.6 Å². The zero-order chi connectivity index (χ0) is 17.4. The van der Waals surface area contributed by atoms with Crippen LogP contribution in [0.4, 0.5) is 0 Å². The molecule has 0 spiro atoms. The summed E-state index contributed by atoms with van der Waals surface area (Å²) in [6, 6.07) is 7.57. The monoisotopic (exact) mass is 390 g/mol. The molecule has 0 radical (unpaired) electrons. The van der Waals surface area contributed by atoms with E-state index in [-0.39, 0.29) is 5.56 Å². The zero-order valence-corrected chi connectivity index (χ0v) is 16.0. The van der Waals surface area contributed by atoms with Crippen LogP contribution in [0.3, 0.4) is 0 Å². The number of fused-ring (bicyclic) bond motifs is 3. The van der Waals surface area contributed by atoms with Crippen molar-refractivity contribution in [2.45, 2.75) is 27.9 Å². The second-order valence-corrected chi connectivity index (χ2v) is 8.40. The zero-order valence-electron chi connectivity index (χ0n) is 13.5. The van der Waals surface area contributed by atoms with Gasteiger partial charge in [-0.2, -0.15) is 0 Å². The molecule has 0 N–H and O–H groups in total. The number of hydrogen-bond acceptors (Lipinski definition) is 8. The first-order chi connectivity index (χ1) is 12.2. The summed E-state index contributed by atoms with van der Waals surface area (Å²) in [5.74, 6) is 1.97. The number of aromatic nitrogens is 6. The average molecular weight is 391 g/mol. The summed E-state index contributed by atoms with van der Waals surface area (Å²) in [7, 11) is 0. The molecule has 0 unspecified atom stereocenters. The molecule has 4 aromatic rings. The van der Waals surface area contributed by atoms with Crippen LogP contribution in [0, 0.1) is 0 Å². The largest absolute Gasteiger partial charge is 0.277 e. The van der Waals surface area contributed by atoms with Gasteiger partial charge in [0.1, 0.15) is 5.82 Å². The fourth-order valence-electron chi connectivity index (χ4n) is 2.66. The van der Waals surface area contributed by atoms with E-state index in [1.54, 1.807) is 39.4 Å². The van der Waals surface area contributed by atoms with E-state index in [0.717, 1.165) is 20.0 Å². The van der Waals surface area contributed by atoms with Crippen LogP contribution >= 0.6 is 34.9 Å². The number of nitrogens with zero attached hydrogens (tertiary/aromatic N) is 6. The summed E-state index contributed by atoms with van der Waals surface area (Å²) in [6.45, 7) is 2.48. The van der Waals surface area contributed by atoms with Gasteiger partial charge >= 0.3 is 0 Å². The summed E-state index contributed by atoms with van der Waals surface area (Å²) < 4.78 is 5.46. The van der Waals surface area contributed by atoms with E-state index in [1.165, 1.54) is 0 Å². The Kier molecular flexibility index (Phi) is 4.48. The molecule has 10 heteroatoms. The number of benzene rings is 1. The minimum atomic E-state index is -0.0362. The highest BCUT2D eigenvalue weighted by Gasteiger charge is 2.16. The van der Waals surface area contributed by atoms with Gasteiger partial charge in [-0.15, -0.1) is 20.4 Å². The summed E-state index contributed by atoms with van der Waals surface area (Å²) in [6.07, 6.45) is 1.98. The molecule has 3 heterocycles. The average Bonchev–Trinajstić information content (AvgIpc) is 3.27. The summed E-state index contributed by atoms with van der Waals surface area (Å²) in [5, 5.41) is 17.5. The molecule has 0 bridgehead atoms. The standard InChI is InChI=1S/C15H14N6OS3/c1-3-20-12(22)9-6-4-5-7-10(9)21-11(16-17-13(20)21)8-24-15-19-18-14(23-2)25-15/h4-7H,3,8H2,1-2H3. The number of hydrogen-bond donors (Lipinski definition) is 0. The van der Waals surface area contributed by atoms with Crippen molar-refractivity contribution in [1.29, 1.82) is 0 Å². The lowest BCUT2D eigenvalue weighted by molar-refractivity contribution is 0.735. The van der Waals surface area contributed by atoms with Crippen LogP contribution in [0.15, 0.2) is 37.7 Å². The fraction of sp³-hybridized carbons (Fsp3) is 0.267. The highest BCUT2D eigenvalue weighted by molar-refractivity contribution is 8.02. The molecule has 0 amide bonds. The van der Waals surface area contributed by atoms with E-state index in [0.29, 0.717) is 23.5 Å². The molecule has 0 aliphatic carbocycles. The van der Waals surface area contributed by atoms with Gasteiger partial charge in [0.05, 0.1) is 16.7 Å². The Bertz CT molecular complexity index is 1120. The second-order valence-electron chi connectivity index (χ2n) is 5.14. The van der Waals surface area contributed by atoms with Gasteiger partial charge in [-0.1, -0.05) is 47.0 Å². The van der Waals surface area contributed by atoms with Gasteiger partial charge in [0.2, 0.25) is 5.78 Å². The minimum Gasteiger partial charge on any atom is -0.277 e. The van der Waals surface area contributed by atoms with Crippen LogP contribution in [0.5, 0.6) is 0 Å². The predicted molar refractivity (Wildman–Crippen MR) is 102 cm³/mol. The Labute approximate surface area is 155 Å². The van der Waals surface area contributed by atoms with E-state index in [1.807, 2.05) is 41.8 Å². The normalized spacial score (nSPS) is 11.6. The van der Waals surface area contributed by atoms with Crippen molar-refractivity contribution in [3.8, 4) is 0 Å². The maximum Gasteiger partial charge on any atom is 0.262 e. The molecule has 0 saturated carbocycles. The smallest absolute Gasteiger partial charge is 0.262 e. The van der Waals surface area contributed by atoms with Crippen molar-refractivity contribution in [3.63, 3.8) is 0 Å². The maximum absolute atomic E-state index is 12.7. The van der Waals surface area contributed by atoms with E-state index in [4.69, 9.17) is 0 Å². The molecule has 0 saturated heterocycles. The van der Waals surface area contributed by atoms with Crippen LogP contribution in [0.1, 0.15) is 12.7 Å².